The summed E-state index contributed by atoms with van der Waals surface area (Å²) in [6.45, 7) is 1.77. The highest BCUT2D eigenvalue weighted by Gasteiger charge is 2.24. The third kappa shape index (κ3) is 2.26. The summed E-state index contributed by atoms with van der Waals surface area (Å²) in [7, 11) is 0. The van der Waals surface area contributed by atoms with Crippen molar-refractivity contribution in [3.8, 4) is 0 Å². The number of hydrogen-bond acceptors (Lipinski definition) is 4. The van der Waals surface area contributed by atoms with Gasteiger partial charge < -0.3 is 20.2 Å². The monoisotopic (exact) mass is 210 g/mol. The average molecular weight is 210 g/mol. The minimum absolute atomic E-state index is 0.0503. The standard InChI is InChI=1S/C10H14N2O3/c11-4-8-3-7(5-12-8)10(13)9-6-14-1-2-15-9/h3,5,9,12H,1-2,4,6,11H2. The van der Waals surface area contributed by atoms with Crippen LogP contribution in [-0.4, -0.2) is 36.7 Å². The second-order valence-corrected chi connectivity index (χ2v) is 3.42. The van der Waals surface area contributed by atoms with E-state index in [0.717, 1.165) is 5.69 Å². The van der Waals surface area contributed by atoms with Gasteiger partial charge in [-0.3, -0.25) is 4.79 Å². The maximum absolute atomic E-state index is 11.9. The molecule has 0 aliphatic carbocycles. The third-order valence-electron chi connectivity index (χ3n) is 2.36. The molecule has 0 aromatic carbocycles. The second-order valence-electron chi connectivity index (χ2n) is 3.42. The maximum atomic E-state index is 11.9. The van der Waals surface area contributed by atoms with Crippen LogP contribution in [0.4, 0.5) is 0 Å². The van der Waals surface area contributed by atoms with Crippen LogP contribution in [0.2, 0.25) is 0 Å². The summed E-state index contributed by atoms with van der Waals surface area (Å²) in [6.07, 6.45) is 1.18. The van der Waals surface area contributed by atoms with Crippen molar-refractivity contribution in [3.63, 3.8) is 0 Å². The van der Waals surface area contributed by atoms with Crippen LogP contribution in [-0.2, 0) is 16.0 Å². The van der Waals surface area contributed by atoms with Gasteiger partial charge >= 0.3 is 0 Å². The Balaban J connectivity index is 2.05. The molecule has 1 saturated heterocycles. The molecule has 5 nitrogen and oxygen atoms in total. The topological polar surface area (TPSA) is 77.3 Å². The summed E-state index contributed by atoms with van der Waals surface area (Å²) in [4.78, 5) is 14.8. The van der Waals surface area contributed by atoms with E-state index >= 15 is 0 Å². The number of aromatic amines is 1. The molecular formula is C10H14N2O3. The summed E-state index contributed by atoms with van der Waals surface area (Å²) in [5.74, 6) is -0.0503. The highest BCUT2D eigenvalue weighted by molar-refractivity contribution is 5.99. The summed E-state index contributed by atoms with van der Waals surface area (Å²) in [6, 6.07) is 1.75. The molecule has 1 aliphatic heterocycles. The molecule has 2 heterocycles. The number of H-pyrrole nitrogens is 1. The Labute approximate surface area is 87.6 Å². The molecule has 1 atom stereocenters. The van der Waals surface area contributed by atoms with E-state index in [4.69, 9.17) is 15.2 Å². The van der Waals surface area contributed by atoms with Gasteiger partial charge in [0.15, 0.2) is 5.78 Å². The smallest absolute Gasteiger partial charge is 0.195 e. The zero-order chi connectivity index (χ0) is 10.7. The predicted molar refractivity (Wildman–Crippen MR) is 53.6 cm³/mol. The summed E-state index contributed by atoms with van der Waals surface area (Å²) < 4.78 is 10.5. The van der Waals surface area contributed by atoms with Gasteiger partial charge in [0.05, 0.1) is 19.8 Å². The quantitative estimate of drug-likeness (QED) is 0.692. The van der Waals surface area contributed by atoms with Crippen LogP contribution in [0.1, 0.15) is 16.1 Å². The SMILES string of the molecule is NCc1cc(C(=O)C2COCCO2)c[nH]1. The normalized spacial score (nSPS) is 21.5. The van der Waals surface area contributed by atoms with E-state index in [1.165, 1.54) is 0 Å². The molecule has 1 fully saturated rings. The molecule has 0 amide bonds. The van der Waals surface area contributed by atoms with Gasteiger partial charge in [-0.2, -0.15) is 0 Å². The lowest BCUT2D eigenvalue weighted by Gasteiger charge is -2.21. The van der Waals surface area contributed by atoms with Crippen molar-refractivity contribution in [2.24, 2.45) is 5.73 Å². The molecule has 1 unspecified atom stereocenters. The summed E-state index contributed by atoms with van der Waals surface area (Å²) in [5.41, 5.74) is 6.89. The highest BCUT2D eigenvalue weighted by atomic mass is 16.6. The van der Waals surface area contributed by atoms with Crippen molar-refractivity contribution in [2.75, 3.05) is 19.8 Å². The highest BCUT2D eigenvalue weighted by Crippen LogP contribution is 2.11. The number of rotatable bonds is 3. The van der Waals surface area contributed by atoms with Crippen molar-refractivity contribution in [3.05, 3.63) is 23.5 Å². The molecule has 0 saturated carbocycles. The van der Waals surface area contributed by atoms with Crippen LogP contribution in [0, 0.1) is 0 Å². The first-order chi connectivity index (χ1) is 7.31. The Morgan fingerprint density at radius 1 is 1.60 bits per heavy atom. The van der Waals surface area contributed by atoms with Crippen molar-refractivity contribution in [1.29, 1.82) is 0 Å². The van der Waals surface area contributed by atoms with Gasteiger partial charge in [0.25, 0.3) is 0 Å². The molecule has 1 aliphatic rings. The largest absolute Gasteiger partial charge is 0.376 e. The zero-order valence-corrected chi connectivity index (χ0v) is 8.36. The lowest BCUT2D eigenvalue weighted by atomic mass is 10.1. The van der Waals surface area contributed by atoms with E-state index in [9.17, 15) is 4.79 Å². The molecule has 15 heavy (non-hydrogen) atoms. The summed E-state index contributed by atoms with van der Waals surface area (Å²) >= 11 is 0. The minimum atomic E-state index is -0.472. The third-order valence-corrected chi connectivity index (χ3v) is 2.36. The van der Waals surface area contributed by atoms with Gasteiger partial charge in [0, 0.05) is 24.0 Å². The Kier molecular flexibility index (Phi) is 3.15. The fourth-order valence-electron chi connectivity index (χ4n) is 1.53. The van der Waals surface area contributed by atoms with E-state index in [1.807, 2.05) is 0 Å². The van der Waals surface area contributed by atoms with E-state index in [2.05, 4.69) is 4.98 Å². The van der Waals surface area contributed by atoms with Gasteiger partial charge in [-0.1, -0.05) is 0 Å². The van der Waals surface area contributed by atoms with E-state index in [1.54, 1.807) is 12.3 Å². The number of carbonyl (C=O) groups excluding carboxylic acids is 1. The Bertz CT molecular complexity index is 342. The lowest BCUT2D eigenvalue weighted by Crippen LogP contribution is -2.35. The van der Waals surface area contributed by atoms with Crippen molar-refractivity contribution < 1.29 is 14.3 Å². The first-order valence-electron chi connectivity index (χ1n) is 4.92. The van der Waals surface area contributed by atoms with Crippen LogP contribution < -0.4 is 5.73 Å². The second kappa shape index (κ2) is 4.57. The van der Waals surface area contributed by atoms with E-state index in [0.29, 0.717) is 31.9 Å². The molecule has 0 spiro atoms. The van der Waals surface area contributed by atoms with Crippen LogP contribution >= 0.6 is 0 Å². The number of aromatic nitrogens is 1. The Hall–Kier alpha value is -1.17. The zero-order valence-electron chi connectivity index (χ0n) is 8.36. The first-order valence-corrected chi connectivity index (χ1v) is 4.92. The number of Topliss-reactive ketones (excluding diaryl/α,β-unsaturated/α-hetero) is 1. The number of carbonyl (C=O) groups is 1. The number of ether oxygens (including phenoxy) is 2. The molecule has 0 radical (unpaired) electrons. The molecule has 82 valence electrons. The van der Waals surface area contributed by atoms with Gasteiger partial charge in [-0.05, 0) is 6.07 Å². The van der Waals surface area contributed by atoms with Crippen LogP contribution in [0.25, 0.3) is 0 Å². The Morgan fingerprint density at radius 3 is 3.07 bits per heavy atom. The van der Waals surface area contributed by atoms with Gasteiger partial charge in [0.2, 0.25) is 0 Å². The predicted octanol–water partition coefficient (Wildman–Crippen LogP) is 0.0715. The molecule has 1 aromatic heterocycles. The molecule has 0 bridgehead atoms. The number of hydrogen-bond donors (Lipinski definition) is 2. The Morgan fingerprint density at radius 2 is 2.47 bits per heavy atom. The van der Waals surface area contributed by atoms with E-state index < -0.39 is 6.10 Å². The van der Waals surface area contributed by atoms with Crippen LogP contribution in [0.15, 0.2) is 12.3 Å². The fraction of sp³-hybridized carbons (Fsp3) is 0.500. The first kappa shape index (κ1) is 10.4. The molecule has 5 heteroatoms. The van der Waals surface area contributed by atoms with E-state index in [-0.39, 0.29) is 5.78 Å². The van der Waals surface area contributed by atoms with Crippen LogP contribution in [0.3, 0.4) is 0 Å². The number of ketones is 1. The maximum Gasteiger partial charge on any atom is 0.195 e. The molecule has 1 aromatic rings. The van der Waals surface area contributed by atoms with Crippen molar-refractivity contribution in [2.45, 2.75) is 12.6 Å². The van der Waals surface area contributed by atoms with Crippen molar-refractivity contribution in [1.82, 2.24) is 4.98 Å². The fourth-order valence-corrected chi connectivity index (χ4v) is 1.53. The number of nitrogens with two attached hydrogens (primary N) is 1. The minimum Gasteiger partial charge on any atom is -0.376 e. The average Bonchev–Trinajstić information content (AvgIpc) is 2.78. The molecule has 2 rings (SSSR count). The van der Waals surface area contributed by atoms with Crippen LogP contribution in [0.5, 0.6) is 0 Å². The van der Waals surface area contributed by atoms with Gasteiger partial charge in [0.1, 0.15) is 6.10 Å². The number of nitrogens with one attached hydrogen (secondary N) is 1. The van der Waals surface area contributed by atoms with Crippen molar-refractivity contribution >= 4 is 5.78 Å². The summed E-state index contributed by atoms with van der Waals surface area (Å²) in [5, 5.41) is 0. The molecule has 3 N–H and O–H groups in total. The lowest BCUT2D eigenvalue weighted by molar-refractivity contribution is -0.0719. The molecular weight excluding hydrogens is 196 g/mol. The van der Waals surface area contributed by atoms with Gasteiger partial charge in [-0.15, -0.1) is 0 Å². The van der Waals surface area contributed by atoms with Gasteiger partial charge in [-0.25, -0.2) is 0 Å².